The quantitative estimate of drug-likeness (QED) is 0.883. The third kappa shape index (κ3) is 2.96. The third-order valence-electron chi connectivity index (χ3n) is 2.97. The molecule has 4 heteroatoms. The maximum atomic E-state index is 13.6. The van der Waals surface area contributed by atoms with E-state index in [0.717, 1.165) is 11.6 Å². The first-order valence-corrected chi connectivity index (χ1v) is 5.82. The molecule has 96 valence electrons. The van der Waals surface area contributed by atoms with Crippen LogP contribution in [0.5, 0.6) is 0 Å². The summed E-state index contributed by atoms with van der Waals surface area (Å²) in [6, 6.07) is 6.17. The lowest BCUT2D eigenvalue weighted by molar-refractivity contribution is 0.481. The summed E-state index contributed by atoms with van der Waals surface area (Å²) >= 11 is 0. The Morgan fingerprint density at radius 2 is 2.06 bits per heavy atom. The average Bonchev–Trinajstić information content (AvgIpc) is 2.86. The molecular weight excluding hydrogens is 236 g/mol. The van der Waals surface area contributed by atoms with Crippen molar-refractivity contribution in [3.05, 3.63) is 59.6 Å². The Kier molecular flexibility index (Phi) is 4.10. The van der Waals surface area contributed by atoms with Crippen molar-refractivity contribution in [1.29, 1.82) is 0 Å². The van der Waals surface area contributed by atoms with Gasteiger partial charge in [-0.05, 0) is 43.1 Å². The van der Waals surface area contributed by atoms with Gasteiger partial charge in [0.15, 0.2) is 11.6 Å². The van der Waals surface area contributed by atoms with Crippen molar-refractivity contribution >= 4 is 0 Å². The molecule has 1 N–H and O–H groups in total. The van der Waals surface area contributed by atoms with Gasteiger partial charge >= 0.3 is 0 Å². The van der Waals surface area contributed by atoms with Crippen molar-refractivity contribution in [2.75, 3.05) is 7.05 Å². The molecule has 1 aromatic heterocycles. The van der Waals surface area contributed by atoms with Crippen LogP contribution in [-0.2, 0) is 12.8 Å². The number of likely N-dealkylation sites (N-methyl/N-ethyl adjacent to an activating group) is 1. The highest BCUT2D eigenvalue weighted by atomic mass is 19.2. The summed E-state index contributed by atoms with van der Waals surface area (Å²) in [4.78, 5) is 0. The van der Waals surface area contributed by atoms with E-state index < -0.39 is 11.6 Å². The lowest BCUT2D eigenvalue weighted by Gasteiger charge is -2.15. The van der Waals surface area contributed by atoms with Gasteiger partial charge in [-0.3, -0.25) is 0 Å². The molecule has 1 atom stereocenters. The molecular formula is C14H15F2NO. The summed E-state index contributed by atoms with van der Waals surface area (Å²) in [7, 11) is 1.81. The molecule has 0 saturated carbocycles. The standard InChI is InChI=1S/C14H15F2NO/c1-17-12(7-10-5-6-18-9-10)8-11-3-2-4-13(15)14(11)16/h2-6,9,12,17H,7-8H2,1H3. The summed E-state index contributed by atoms with van der Waals surface area (Å²) in [6.07, 6.45) is 4.41. The fourth-order valence-electron chi connectivity index (χ4n) is 1.94. The van der Waals surface area contributed by atoms with E-state index in [9.17, 15) is 8.78 Å². The van der Waals surface area contributed by atoms with E-state index >= 15 is 0 Å². The molecule has 0 saturated heterocycles. The molecule has 1 unspecified atom stereocenters. The minimum Gasteiger partial charge on any atom is -0.472 e. The second-order valence-electron chi connectivity index (χ2n) is 4.24. The fraction of sp³-hybridized carbons (Fsp3) is 0.286. The highest BCUT2D eigenvalue weighted by molar-refractivity contribution is 5.21. The van der Waals surface area contributed by atoms with Gasteiger partial charge in [0.1, 0.15) is 0 Å². The van der Waals surface area contributed by atoms with Crippen LogP contribution >= 0.6 is 0 Å². The lowest BCUT2D eigenvalue weighted by Crippen LogP contribution is -2.30. The van der Waals surface area contributed by atoms with Crippen molar-refractivity contribution in [3.63, 3.8) is 0 Å². The molecule has 0 amide bonds. The minimum atomic E-state index is -0.800. The van der Waals surface area contributed by atoms with Gasteiger partial charge in [-0.2, -0.15) is 0 Å². The Morgan fingerprint density at radius 1 is 1.22 bits per heavy atom. The predicted molar refractivity (Wildman–Crippen MR) is 65.3 cm³/mol. The zero-order valence-corrected chi connectivity index (χ0v) is 10.1. The van der Waals surface area contributed by atoms with Crippen LogP contribution in [0.1, 0.15) is 11.1 Å². The van der Waals surface area contributed by atoms with Crippen LogP contribution in [0.25, 0.3) is 0 Å². The Morgan fingerprint density at radius 3 is 2.72 bits per heavy atom. The van der Waals surface area contributed by atoms with Gasteiger partial charge in [0.25, 0.3) is 0 Å². The Balaban J connectivity index is 2.08. The molecule has 0 spiro atoms. The molecule has 2 rings (SSSR count). The van der Waals surface area contributed by atoms with E-state index in [0.29, 0.717) is 18.4 Å². The van der Waals surface area contributed by atoms with Crippen molar-refractivity contribution in [3.8, 4) is 0 Å². The lowest BCUT2D eigenvalue weighted by atomic mass is 10.00. The number of furan rings is 1. The Labute approximate surface area is 105 Å². The largest absolute Gasteiger partial charge is 0.472 e. The third-order valence-corrected chi connectivity index (χ3v) is 2.97. The van der Waals surface area contributed by atoms with Gasteiger partial charge in [0.05, 0.1) is 12.5 Å². The van der Waals surface area contributed by atoms with Crippen LogP contribution in [0.15, 0.2) is 41.2 Å². The normalized spacial score (nSPS) is 12.6. The monoisotopic (exact) mass is 251 g/mol. The molecule has 0 radical (unpaired) electrons. The van der Waals surface area contributed by atoms with E-state index in [2.05, 4.69) is 5.32 Å². The minimum absolute atomic E-state index is 0.0406. The first-order valence-electron chi connectivity index (χ1n) is 5.82. The predicted octanol–water partition coefficient (Wildman–Crippen LogP) is 2.93. The molecule has 2 nitrogen and oxygen atoms in total. The van der Waals surface area contributed by atoms with Gasteiger partial charge in [0, 0.05) is 6.04 Å². The molecule has 0 bridgehead atoms. The number of hydrogen-bond donors (Lipinski definition) is 1. The molecule has 2 aromatic rings. The van der Waals surface area contributed by atoms with E-state index in [4.69, 9.17) is 4.42 Å². The summed E-state index contributed by atoms with van der Waals surface area (Å²) in [5.74, 6) is -1.56. The fourth-order valence-corrected chi connectivity index (χ4v) is 1.94. The maximum Gasteiger partial charge on any atom is 0.162 e. The topological polar surface area (TPSA) is 25.2 Å². The van der Waals surface area contributed by atoms with Crippen molar-refractivity contribution < 1.29 is 13.2 Å². The SMILES string of the molecule is CNC(Cc1ccoc1)Cc1cccc(F)c1F. The average molecular weight is 251 g/mol. The smallest absolute Gasteiger partial charge is 0.162 e. The first kappa shape index (κ1) is 12.8. The molecule has 1 aromatic carbocycles. The number of nitrogens with one attached hydrogen (secondary N) is 1. The van der Waals surface area contributed by atoms with Crippen molar-refractivity contribution in [2.45, 2.75) is 18.9 Å². The van der Waals surface area contributed by atoms with Gasteiger partial charge in [0.2, 0.25) is 0 Å². The van der Waals surface area contributed by atoms with E-state index in [1.165, 1.54) is 6.07 Å². The molecule has 0 aliphatic heterocycles. The Hall–Kier alpha value is -1.68. The number of hydrogen-bond acceptors (Lipinski definition) is 2. The highest BCUT2D eigenvalue weighted by Crippen LogP contribution is 2.15. The summed E-state index contributed by atoms with van der Waals surface area (Å²) in [6.45, 7) is 0. The molecule has 0 fully saturated rings. The van der Waals surface area contributed by atoms with E-state index in [1.54, 1.807) is 18.6 Å². The van der Waals surface area contributed by atoms with Gasteiger partial charge in [-0.1, -0.05) is 12.1 Å². The van der Waals surface area contributed by atoms with Crippen LogP contribution < -0.4 is 5.32 Å². The first-order chi connectivity index (χ1) is 8.70. The Bertz CT molecular complexity index is 497. The van der Waals surface area contributed by atoms with Gasteiger partial charge < -0.3 is 9.73 Å². The zero-order chi connectivity index (χ0) is 13.0. The zero-order valence-electron chi connectivity index (χ0n) is 10.1. The summed E-state index contributed by atoms with van der Waals surface area (Å²) < 4.78 is 31.6. The van der Waals surface area contributed by atoms with Gasteiger partial charge in [-0.15, -0.1) is 0 Å². The van der Waals surface area contributed by atoms with Crippen molar-refractivity contribution in [1.82, 2.24) is 5.32 Å². The molecule has 18 heavy (non-hydrogen) atoms. The number of halogens is 2. The maximum absolute atomic E-state index is 13.6. The molecule has 0 aliphatic rings. The van der Waals surface area contributed by atoms with Crippen LogP contribution in [-0.4, -0.2) is 13.1 Å². The van der Waals surface area contributed by atoms with E-state index in [-0.39, 0.29) is 6.04 Å². The summed E-state index contributed by atoms with van der Waals surface area (Å²) in [5.41, 5.74) is 1.42. The van der Waals surface area contributed by atoms with Crippen LogP contribution in [0.4, 0.5) is 8.78 Å². The number of benzene rings is 1. The second-order valence-corrected chi connectivity index (χ2v) is 4.24. The number of rotatable bonds is 5. The summed E-state index contributed by atoms with van der Waals surface area (Å²) in [5, 5.41) is 3.10. The highest BCUT2D eigenvalue weighted by Gasteiger charge is 2.14. The second kappa shape index (κ2) is 5.78. The van der Waals surface area contributed by atoms with Crippen molar-refractivity contribution in [2.24, 2.45) is 0 Å². The van der Waals surface area contributed by atoms with E-state index in [1.807, 2.05) is 13.1 Å². The molecule has 0 aliphatic carbocycles. The van der Waals surface area contributed by atoms with Crippen LogP contribution in [0, 0.1) is 11.6 Å². The van der Waals surface area contributed by atoms with Gasteiger partial charge in [-0.25, -0.2) is 8.78 Å². The van der Waals surface area contributed by atoms with Crippen LogP contribution in [0.2, 0.25) is 0 Å². The van der Waals surface area contributed by atoms with Crippen LogP contribution in [0.3, 0.4) is 0 Å². The molecule has 1 heterocycles.